The number of hydrogen-bond donors (Lipinski definition) is 0. The number of fused-ring (bicyclic) bond motifs is 9. The van der Waals surface area contributed by atoms with Gasteiger partial charge in [0.1, 0.15) is 0 Å². The minimum atomic E-state index is 0.668. The SMILES string of the molecule is Cc1cc(C)cc(-c2nc(-n3c4cc5c(cc4c4ccc6ccccc6c43)c3ccccc3n5-c3ccccc3)nc3ccccc23)c1. The fourth-order valence-electron chi connectivity index (χ4n) is 7.80. The zero-order chi connectivity index (χ0) is 31.9. The first-order chi connectivity index (χ1) is 23.6. The van der Waals surface area contributed by atoms with E-state index in [-0.39, 0.29) is 0 Å². The van der Waals surface area contributed by atoms with Crippen LogP contribution >= 0.6 is 0 Å². The second-order valence-electron chi connectivity index (χ2n) is 12.9. The lowest BCUT2D eigenvalue weighted by molar-refractivity contribution is 1.02. The molecule has 0 aliphatic carbocycles. The van der Waals surface area contributed by atoms with Crippen LogP contribution in [0.5, 0.6) is 0 Å². The third-order valence-electron chi connectivity index (χ3n) is 9.75. The Morgan fingerprint density at radius 2 is 1.10 bits per heavy atom. The van der Waals surface area contributed by atoms with Gasteiger partial charge in [-0.1, -0.05) is 108 Å². The summed E-state index contributed by atoms with van der Waals surface area (Å²) in [5, 5.41) is 8.24. The zero-order valence-corrected chi connectivity index (χ0v) is 26.6. The topological polar surface area (TPSA) is 35.6 Å². The average Bonchev–Trinajstić information content (AvgIpc) is 3.62. The maximum Gasteiger partial charge on any atom is 0.235 e. The molecule has 3 aromatic heterocycles. The smallest absolute Gasteiger partial charge is 0.235 e. The van der Waals surface area contributed by atoms with Gasteiger partial charge >= 0.3 is 0 Å². The van der Waals surface area contributed by atoms with Crippen molar-refractivity contribution in [2.75, 3.05) is 0 Å². The molecule has 226 valence electrons. The molecule has 0 saturated carbocycles. The third kappa shape index (κ3) is 3.90. The molecule has 4 heteroatoms. The van der Waals surface area contributed by atoms with E-state index in [1.54, 1.807) is 0 Å². The van der Waals surface area contributed by atoms with Crippen LogP contribution in [-0.4, -0.2) is 19.1 Å². The third-order valence-corrected chi connectivity index (χ3v) is 9.75. The molecule has 0 radical (unpaired) electrons. The highest BCUT2D eigenvalue weighted by atomic mass is 15.2. The van der Waals surface area contributed by atoms with Crippen LogP contribution in [-0.2, 0) is 0 Å². The van der Waals surface area contributed by atoms with Gasteiger partial charge in [0.05, 0.1) is 33.3 Å². The monoisotopic (exact) mass is 614 g/mol. The quantitative estimate of drug-likeness (QED) is 0.198. The molecule has 0 aliphatic heterocycles. The molecule has 10 aromatic rings. The van der Waals surface area contributed by atoms with Gasteiger partial charge in [-0.05, 0) is 67.8 Å². The molecule has 7 aromatic carbocycles. The predicted molar refractivity (Wildman–Crippen MR) is 201 cm³/mol. The lowest BCUT2D eigenvalue weighted by Gasteiger charge is -2.13. The summed E-state index contributed by atoms with van der Waals surface area (Å²) >= 11 is 0. The highest BCUT2D eigenvalue weighted by Crippen LogP contribution is 2.41. The molecule has 0 spiro atoms. The Labute approximate surface area is 277 Å². The standard InChI is InChI=1S/C44H30N4/c1-27-22-28(2)24-30(23-27)42-35-17-8-10-18-38(35)45-44(46-42)48-41-26-40-36(25-37(41)34-21-20-29-12-6-7-15-32(29)43(34)48)33-16-9-11-19-39(33)47(40)31-13-4-3-5-14-31/h3-26H,1-2H3. The molecule has 3 heterocycles. The highest BCUT2D eigenvalue weighted by Gasteiger charge is 2.22. The molecule has 4 nitrogen and oxygen atoms in total. The first kappa shape index (κ1) is 26.9. The molecule has 0 N–H and O–H groups in total. The maximum absolute atomic E-state index is 5.45. The van der Waals surface area contributed by atoms with Crippen LogP contribution < -0.4 is 0 Å². The van der Waals surface area contributed by atoms with Crippen molar-refractivity contribution in [3.8, 4) is 22.9 Å². The lowest BCUT2D eigenvalue weighted by Crippen LogP contribution is -2.04. The van der Waals surface area contributed by atoms with Crippen molar-refractivity contribution >= 4 is 65.3 Å². The highest BCUT2D eigenvalue weighted by molar-refractivity contribution is 6.23. The molecular formula is C44H30N4. The summed E-state index contributed by atoms with van der Waals surface area (Å²) < 4.78 is 4.68. The van der Waals surface area contributed by atoms with Crippen LogP contribution in [0.4, 0.5) is 0 Å². The van der Waals surface area contributed by atoms with Gasteiger partial charge < -0.3 is 4.57 Å². The van der Waals surface area contributed by atoms with E-state index in [1.165, 1.54) is 49.0 Å². The van der Waals surface area contributed by atoms with Gasteiger partial charge in [-0.15, -0.1) is 0 Å². The molecule has 0 unspecified atom stereocenters. The van der Waals surface area contributed by atoms with E-state index in [4.69, 9.17) is 9.97 Å². The van der Waals surface area contributed by atoms with Gasteiger partial charge in [0.25, 0.3) is 0 Å². The molecule has 0 bridgehead atoms. The molecule has 0 atom stereocenters. The van der Waals surface area contributed by atoms with E-state index in [0.717, 1.165) is 44.4 Å². The van der Waals surface area contributed by atoms with E-state index < -0.39 is 0 Å². The number of aromatic nitrogens is 4. The molecule has 0 aliphatic rings. The van der Waals surface area contributed by atoms with Crippen LogP contribution in [0.2, 0.25) is 0 Å². The van der Waals surface area contributed by atoms with Crippen molar-refractivity contribution in [3.05, 3.63) is 157 Å². The summed E-state index contributed by atoms with van der Waals surface area (Å²) in [6, 6.07) is 52.3. The minimum absolute atomic E-state index is 0.668. The summed E-state index contributed by atoms with van der Waals surface area (Å²) in [7, 11) is 0. The number of para-hydroxylation sites is 3. The molecule has 0 fully saturated rings. The van der Waals surface area contributed by atoms with Crippen molar-refractivity contribution in [3.63, 3.8) is 0 Å². The van der Waals surface area contributed by atoms with Crippen molar-refractivity contribution in [2.45, 2.75) is 13.8 Å². The van der Waals surface area contributed by atoms with E-state index in [1.807, 2.05) is 0 Å². The fourth-order valence-corrected chi connectivity index (χ4v) is 7.80. The molecule has 0 saturated heterocycles. The fraction of sp³-hybridized carbons (Fsp3) is 0.0455. The first-order valence-electron chi connectivity index (χ1n) is 16.4. The van der Waals surface area contributed by atoms with Gasteiger partial charge in [-0.3, -0.25) is 4.57 Å². The van der Waals surface area contributed by atoms with Gasteiger partial charge in [-0.25, -0.2) is 9.97 Å². The van der Waals surface area contributed by atoms with Crippen LogP contribution in [0.3, 0.4) is 0 Å². The number of nitrogens with zero attached hydrogens (tertiary/aromatic N) is 4. The van der Waals surface area contributed by atoms with Gasteiger partial charge in [-0.2, -0.15) is 0 Å². The second-order valence-corrected chi connectivity index (χ2v) is 12.9. The van der Waals surface area contributed by atoms with Crippen LogP contribution in [0.25, 0.3) is 88.2 Å². The summed E-state index contributed by atoms with van der Waals surface area (Å²) in [6.45, 7) is 4.30. The van der Waals surface area contributed by atoms with Crippen LogP contribution in [0.15, 0.2) is 146 Å². The Kier molecular flexibility index (Phi) is 5.67. The van der Waals surface area contributed by atoms with Gasteiger partial charge in [0, 0.05) is 43.6 Å². The summed E-state index contributed by atoms with van der Waals surface area (Å²) in [5.41, 5.74) is 11.1. The van der Waals surface area contributed by atoms with Crippen LogP contribution in [0.1, 0.15) is 11.1 Å². The Balaban J connectivity index is 1.40. The van der Waals surface area contributed by atoms with E-state index in [0.29, 0.717) is 5.95 Å². The molecule has 0 amide bonds. The van der Waals surface area contributed by atoms with Gasteiger partial charge in [0.15, 0.2) is 0 Å². The number of hydrogen-bond acceptors (Lipinski definition) is 2. The van der Waals surface area contributed by atoms with E-state index >= 15 is 0 Å². The Bertz CT molecular complexity index is 2890. The predicted octanol–water partition coefficient (Wildman–Crippen LogP) is 11.3. The van der Waals surface area contributed by atoms with Crippen molar-refractivity contribution < 1.29 is 0 Å². The minimum Gasteiger partial charge on any atom is -0.309 e. The van der Waals surface area contributed by atoms with Crippen molar-refractivity contribution in [1.29, 1.82) is 0 Å². The number of benzene rings is 7. The van der Waals surface area contributed by atoms with Crippen molar-refractivity contribution in [1.82, 2.24) is 19.1 Å². The molecule has 10 rings (SSSR count). The zero-order valence-electron chi connectivity index (χ0n) is 26.6. The lowest BCUT2D eigenvalue weighted by atomic mass is 10.0. The summed E-state index contributed by atoms with van der Waals surface area (Å²) in [5.74, 6) is 0.668. The Morgan fingerprint density at radius 3 is 1.94 bits per heavy atom. The number of rotatable bonds is 3. The van der Waals surface area contributed by atoms with Gasteiger partial charge in [0.2, 0.25) is 5.95 Å². The van der Waals surface area contributed by atoms with Crippen LogP contribution in [0, 0.1) is 13.8 Å². The first-order valence-corrected chi connectivity index (χ1v) is 16.4. The normalized spacial score (nSPS) is 12.0. The van der Waals surface area contributed by atoms with E-state index in [2.05, 4.69) is 169 Å². The largest absolute Gasteiger partial charge is 0.309 e. The van der Waals surface area contributed by atoms with Crippen molar-refractivity contribution in [2.24, 2.45) is 0 Å². The second kappa shape index (κ2) is 10.1. The average molecular weight is 615 g/mol. The molecular weight excluding hydrogens is 585 g/mol. The Morgan fingerprint density at radius 1 is 0.438 bits per heavy atom. The summed E-state index contributed by atoms with van der Waals surface area (Å²) in [6.07, 6.45) is 0. The number of aryl methyl sites for hydroxylation is 2. The molecule has 48 heavy (non-hydrogen) atoms. The Hall–Kier alpha value is -6.26. The van der Waals surface area contributed by atoms with E-state index in [9.17, 15) is 0 Å². The maximum atomic E-state index is 5.45. The summed E-state index contributed by atoms with van der Waals surface area (Å²) in [4.78, 5) is 10.8.